The van der Waals surface area contributed by atoms with Crippen LogP contribution in [-0.2, 0) is 4.79 Å². The van der Waals surface area contributed by atoms with E-state index in [0.29, 0.717) is 5.88 Å². The van der Waals surface area contributed by atoms with Gasteiger partial charge in [-0.2, -0.15) is 0 Å². The first-order valence-corrected chi connectivity index (χ1v) is 5.66. The minimum Gasteiger partial charge on any atom is -0.448 e. The van der Waals surface area contributed by atoms with Crippen LogP contribution in [0.15, 0.2) is 65.3 Å². The summed E-state index contributed by atoms with van der Waals surface area (Å²) in [6.07, 6.45) is 2.32. The Balaban J connectivity index is 2.21. The molecule has 0 fully saturated rings. The molecule has 0 atom stereocenters. The van der Waals surface area contributed by atoms with Crippen LogP contribution in [0.4, 0.5) is 11.6 Å². The van der Waals surface area contributed by atoms with E-state index in [4.69, 9.17) is 4.42 Å². The second kappa shape index (κ2) is 4.37. The van der Waals surface area contributed by atoms with Crippen molar-refractivity contribution in [1.29, 1.82) is 0 Å². The van der Waals surface area contributed by atoms with Crippen LogP contribution in [0, 0.1) is 0 Å². The van der Waals surface area contributed by atoms with Gasteiger partial charge in [-0.15, -0.1) is 0 Å². The molecule has 3 nitrogen and oxygen atoms in total. The average molecular weight is 237 g/mol. The molecule has 1 aromatic heterocycles. The second-order valence-corrected chi connectivity index (χ2v) is 3.92. The highest BCUT2D eigenvalue weighted by Gasteiger charge is 2.13. The van der Waals surface area contributed by atoms with Crippen LogP contribution in [0.1, 0.15) is 0 Å². The van der Waals surface area contributed by atoms with Gasteiger partial charge in [-0.05, 0) is 17.5 Å². The fraction of sp³-hybridized carbons (Fsp3) is 0. The number of fused-ring (bicyclic) bond motifs is 1. The first-order chi connectivity index (χ1) is 8.90. The number of furan rings is 1. The van der Waals surface area contributed by atoms with E-state index in [9.17, 15) is 4.79 Å². The van der Waals surface area contributed by atoms with Crippen LogP contribution < -0.4 is 4.90 Å². The van der Waals surface area contributed by atoms with Gasteiger partial charge in [0.1, 0.15) is 0 Å². The van der Waals surface area contributed by atoms with Crippen molar-refractivity contribution in [3.8, 4) is 0 Å². The first kappa shape index (κ1) is 10.6. The summed E-state index contributed by atoms with van der Waals surface area (Å²) in [5.74, 6) is 0.515. The Morgan fingerprint density at radius 1 is 0.944 bits per heavy atom. The topological polar surface area (TPSA) is 33.5 Å². The largest absolute Gasteiger partial charge is 0.448 e. The van der Waals surface area contributed by atoms with E-state index in [2.05, 4.69) is 0 Å². The van der Waals surface area contributed by atoms with Gasteiger partial charge in [0.2, 0.25) is 12.3 Å². The molecule has 0 aliphatic carbocycles. The lowest BCUT2D eigenvalue weighted by Gasteiger charge is -2.16. The quantitative estimate of drug-likeness (QED) is 0.650. The van der Waals surface area contributed by atoms with Crippen molar-refractivity contribution in [2.75, 3.05) is 4.90 Å². The summed E-state index contributed by atoms with van der Waals surface area (Å²) in [6, 6.07) is 17.3. The van der Waals surface area contributed by atoms with Gasteiger partial charge in [0.25, 0.3) is 0 Å². The van der Waals surface area contributed by atoms with E-state index < -0.39 is 0 Å². The first-order valence-electron chi connectivity index (χ1n) is 5.66. The lowest BCUT2D eigenvalue weighted by molar-refractivity contribution is -0.107. The van der Waals surface area contributed by atoms with Crippen molar-refractivity contribution >= 4 is 28.8 Å². The molecule has 0 aliphatic heterocycles. The number of hydrogen-bond acceptors (Lipinski definition) is 2. The van der Waals surface area contributed by atoms with E-state index >= 15 is 0 Å². The van der Waals surface area contributed by atoms with Gasteiger partial charge in [0.05, 0.1) is 12.0 Å². The van der Waals surface area contributed by atoms with Gasteiger partial charge < -0.3 is 4.42 Å². The van der Waals surface area contributed by atoms with E-state index in [1.165, 1.54) is 4.90 Å². The highest BCUT2D eigenvalue weighted by molar-refractivity contribution is 6.01. The van der Waals surface area contributed by atoms with Crippen LogP contribution in [0.3, 0.4) is 0 Å². The molecule has 0 saturated carbocycles. The van der Waals surface area contributed by atoms with Crippen LogP contribution in [-0.4, -0.2) is 6.41 Å². The van der Waals surface area contributed by atoms with Crippen LogP contribution >= 0.6 is 0 Å². The summed E-state index contributed by atoms with van der Waals surface area (Å²) in [5, 5.41) is 2.11. The highest BCUT2D eigenvalue weighted by atomic mass is 16.3. The summed E-state index contributed by atoms with van der Waals surface area (Å²) >= 11 is 0. The van der Waals surface area contributed by atoms with E-state index in [0.717, 1.165) is 22.9 Å². The third-order valence-corrected chi connectivity index (χ3v) is 2.88. The summed E-state index contributed by atoms with van der Waals surface area (Å²) in [5.41, 5.74) is 0.818. The van der Waals surface area contributed by atoms with Crippen molar-refractivity contribution in [2.45, 2.75) is 0 Å². The molecule has 3 rings (SSSR count). The van der Waals surface area contributed by atoms with Gasteiger partial charge in [0.15, 0.2) is 0 Å². The summed E-state index contributed by atoms with van der Waals surface area (Å²) < 4.78 is 5.28. The fourth-order valence-electron chi connectivity index (χ4n) is 2.05. The summed E-state index contributed by atoms with van der Waals surface area (Å²) in [4.78, 5) is 12.8. The molecule has 0 spiro atoms. The SMILES string of the molecule is O=CN(c1ccco1)c1cccc2ccccc12. The molecule has 0 bridgehead atoms. The van der Waals surface area contributed by atoms with Gasteiger partial charge in [-0.25, -0.2) is 0 Å². The number of rotatable bonds is 3. The van der Waals surface area contributed by atoms with Gasteiger partial charge >= 0.3 is 0 Å². The van der Waals surface area contributed by atoms with Gasteiger partial charge in [0, 0.05) is 11.5 Å². The predicted molar refractivity (Wildman–Crippen MR) is 70.9 cm³/mol. The monoisotopic (exact) mass is 237 g/mol. The maximum absolute atomic E-state index is 11.3. The predicted octanol–water partition coefficient (Wildman–Crippen LogP) is 3.73. The van der Waals surface area contributed by atoms with Crippen LogP contribution in [0.25, 0.3) is 10.8 Å². The van der Waals surface area contributed by atoms with Crippen molar-refractivity contribution in [3.63, 3.8) is 0 Å². The van der Waals surface area contributed by atoms with Crippen molar-refractivity contribution in [1.82, 2.24) is 0 Å². The van der Waals surface area contributed by atoms with Crippen LogP contribution in [0.2, 0.25) is 0 Å². The number of benzene rings is 2. The average Bonchev–Trinajstić information content (AvgIpc) is 2.94. The number of amides is 1. The van der Waals surface area contributed by atoms with Crippen molar-refractivity contribution in [2.24, 2.45) is 0 Å². The van der Waals surface area contributed by atoms with Crippen molar-refractivity contribution in [3.05, 3.63) is 60.9 Å². The second-order valence-electron chi connectivity index (χ2n) is 3.92. The van der Waals surface area contributed by atoms with Gasteiger partial charge in [-0.1, -0.05) is 36.4 Å². The number of nitrogens with zero attached hydrogens (tertiary/aromatic N) is 1. The third-order valence-electron chi connectivity index (χ3n) is 2.88. The van der Waals surface area contributed by atoms with E-state index in [1.807, 2.05) is 42.5 Å². The molecule has 1 amide bonds. The molecular formula is C15H11NO2. The number of carbonyl (C=O) groups excluding carboxylic acids is 1. The lowest BCUT2D eigenvalue weighted by Crippen LogP contribution is -2.13. The highest BCUT2D eigenvalue weighted by Crippen LogP contribution is 2.31. The lowest BCUT2D eigenvalue weighted by atomic mass is 10.1. The Morgan fingerprint density at radius 2 is 1.78 bits per heavy atom. The molecule has 3 heteroatoms. The molecule has 3 aromatic rings. The number of anilines is 2. The van der Waals surface area contributed by atoms with Crippen molar-refractivity contribution < 1.29 is 9.21 Å². The molecule has 0 saturated heterocycles. The molecule has 18 heavy (non-hydrogen) atoms. The Labute approximate surface area is 104 Å². The third kappa shape index (κ3) is 1.66. The zero-order chi connectivity index (χ0) is 12.4. The summed E-state index contributed by atoms with van der Waals surface area (Å²) in [7, 11) is 0. The molecule has 0 aliphatic rings. The molecule has 1 heterocycles. The molecule has 0 radical (unpaired) electrons. The molecule has 88 valence electrons. The minimum atomic E-state index is 0.515. The Morgan fingerprint density at radius 3 is 2.56 bits per heavy atom. The number of hydrogen-bond donors (Lipinski definition) is 0. The van der Waals surface area contributed by atoms with Gasteiger partial charge in [-0.3, -0.25) is 9.69 Å². The molecule has 2 aromatic carbocycles. The molecular weight excluding hydrogens is 226 g/mol. The molecule has 0 unspecified atom stereocenters. The normalized spacial score (nSPS) is 10.4. The Kier molecular flexibility index (Phi) is 2.57. The Bertz CT molecular complexity index is 669. The number of carbonyl (C=O) groups is 1. The standard InChI is InChI=1S/C15H11NO2/c17-11-16(15-9-4-10-18-15)14-8-3-6-12-5-1-2-7-13(12)14/h1-11H. The maximum atomic E-state index is 11.3. The van der Waals surface area contributed by atoms with Crippen LogP contribution in [0.5, 0.6) is 0 Å². The zero-order valence-corrected chi connectivity index (χ0v) is 9.61. The summed E-state index contributed by atoms with van der Waals surface area (Å²) in [6.45, 7) is 0. The minimum absolute atomic E-state index is 0.515. The van der Waals surface area contributed by atoms with E-state index in [-0.39, 0.29) is 0 Å². The maximum Gasteiger partial charge on any atom is 0.221 e. The fourth-order valence-corrected chi connectivity index (χ4v) is 2.05. The molecule has 0 N–H and O–H groups in total. The smallest absolute Gasteiger partial charge is 0.221 e. The zero-order valence-electron chi connectivity index (χ0n) is 9.61. The Hall–Kier alpha value is -2.55. The van der Waals surface area contributed by atoms with E-state index in [1.54, 1.807) is 18.4 Å².